The number of thioether (sulfide) groups is 1. The summed E-state index contributed by atoms with van der Waals surface area (Å²) in [6.07, 6.45) is 7.01. The Kier molecular flexibility index (Phi) is 7.03. The van der Waals surface area contributed by atoms with Crippen molar-refractivity contribution in [3.8, 4) is 0 Å². The van der Waals surface area contributed by atoms with Gasteiger partial charge in [-0.1, -0.05) is 15.9 Å². The topological polar surface area (TPSA) is 90.1 Å². The maximum absolute atomic E-state index is 13.3. The largest absolute Gasteiger partial charge is 0.348 e. The van der Waals surface area contributed by atoms with Crippen LogP contribution in [0.4, 0.5) is 0 Å². The number of carbonyl (C=O) groups excluding carboxylic acids is 2. The molecule has 1 saturated heterocycles. The number of hydrogen-bond acceptors (Lipinski definition) is 5. The first-order valence-corrected chi connectivity index (χ1v) is 12.8. The number of likely N-dealkylation sites (tertiary alicyclic amines) is 1. The average Bonchev–Trinajstić information content (AvgIpc) is 3.28. The molecule has 1 aromatic carbocycles. The number of rotatable bonds is 6. The maximum Gasteiger partial charge on any atom is 0.251 e. The Bertz CT molecular complexity index is 924. The van der Waals surface area contributed by atoms with Crippen molar-refractivity contribution in [2.75, 3.05) is 31.6 Å². The molecule has 0 unspecified atom stereocenters. The number of piperidine rings is 1. The fourth-order valence-corrected chi connectivity index (χ4v) is 5.25. The van der Waals surface area contributed by atoms with Gasteiger partial charge in [-0.2, -0.15) is 11.8 Å². The SMILES string of the molecule is CSCC[C@H](NC(=O)c1ccc(Br)cc1)C(=O)N1CCC2(CC1)NCCc1[nH]cnc12. The third kappa shape index (κ3) is 4.83. The van der Waals surface area contributed by atoms with Gasteiger partial charge in [-0.15, -0.1) is 0 Å². The predicted molar refractivity (Wildman–Crippen MR) is 126 cm³/mol. The second kappa shape index (κ2) is 9.75. The summed E-state index contributed by atoms with van der Waals surface area (Å²) in [4.78, 5) is 35.8. The molecule has 3 heterocycles. The van der Waals surface area contributed by atoms with E-state index in [0.717, 1.165) is 41.7 Å². The van der Waals surface area contributed by atoms with Crippen LogP contribution in [0.5, 0.6) is 0 Å². The van der Waals surface area contributed by atoms with E-state index in [1.165, 1.54) is 5.69 Å². The van der Waals surface area contributed by atoms with Gasteiger partial charge in [0.2, 0.25) is 5.91 Å². The molecule has 0 bridgehead atoms. The summed E-state index contributed by atoms with van der Waals surface area (Å²) in [5.74, 6) is 0.607. The van der Waals surface area contributed by atoms with Crippen LogP contribution in [0.3, 0.4) is 0 Å². The van der Waals surface area contributed by atoms with Crippen molar-refractivity contribution in [1.82, 2.24) is 25.5 Å². The summed E-state index contributed by atoms with van der Waals surface area (Å²) in [5.41, 5.74) is 2.71. The number of carbonyl (C=O) groups is 2. The molecule has 1 aromatic heterocycles. The fourth-order valence-electron chi connectivity index (χ4n) is 4.51. The molecule has 2 aliphatic heterocycles. The summed E-state index contributed by atoms with van der Waals surface area (Å²) >= 11 is 5.07. The molecule has 4 rings (SSSR count). The van der Waals surface area contributed by atoms with Gasteiger partial charge in [0, 0.05) is 41.8 Å². The Morgan fingerprint density at radius 1 is 1.29 bits per heavy atom. The predicted octanol–water partition coefficient (Wildman–Crippen LogP) is 2.69. The molecular formula is C22H28BrN5O2S. The van der Waals surface area contributed by atoms with E-state index in [9.17, 15) is 9.59 Å². The smallest absolute Gasteiger partial charge is 0.251 e. The summed E-state index contributed by atoms with van der Waals surface area (Å²) < 4.78 is 0.915. The third-order valence-corrected chi connectivity index (χ3v) is 7.43. The van der Waals surface area contributed by atoms with Crippen molar-refractivity contribution in [2.45, 2.75) is 37.3 Å². The van der Waals surface area contributed by atoms with Gasteiger partial charge in [-0.05, 0) is 55.5 Å². The van der Waals surface area contributed by atoms with E-state index in [1.807, 2.05) is 23.3 Å². The van der Waals surface area contributed by atoms with E-state index < -0.39 is 6.04 Å². The van der Waals surface area contributed by atoms with E-state index in [1.54, 1.807) is 30.2 Å². The third-order valence-electron chi connectivity index (χ3n) is 6.26. The maximum atomic E-state index is 13.3. The van der Waals surface area contributed by atoms with Crippen molar-refractivity contribution in [1.29, 1.82) is 0 Å². The quantitative estimate of drug-likeness (QED) is 0.561. The standard InChI is InChI=1S/C22H28BrN5O2S/c1-31-13-7-18(27-20(29)15-2-4-16(23)5-3-15)21(30)28-11-8-22(9-12-28)19-17(6-10-26-22)24-14-25-19/h2-5,14,18,26H,6-13H2,1H3,(H,24,25)(H,27,29)/t18-/m0/s1. The zero-order valence-corrected chi connectivity index (χ0v) is 20.0. The molecule has 0 saturated carbocycles. The second-order valence-corrected chi connectivity index (χ2v) is 10.0. The van der Waals surface area contributed by atoms with Crippen molar-refractivity contribution in [3.63, 3.8) is 0 Å². The Balaban J connectivity index is 1.42. The number of imidazole rings is 1. The van der Waals surface area contributed by atoms with Crippen LogP contribution in [0.25, 0.3) is 0 Å². The molecule has 1 atom stereocenters. The van der Waals surface area contributed by atoms with Crippen LogP contribution in [-0.4, -0.2) is 64.4 Å². The molecule has 9 heteroatoms. The van der Waals surface area contributed by atoms with E-state index in [2.05, 4.69) is 36.5 Å². The van der Waals surface area contributed by atoms with Gasteiger partial charge in [0.1, 0.15) is 6.04 Å². The molecule has 3 N–H and O–H groups in total. The van der Waals surface area contributed by atoms with Gasteiger partial charge in [0.15, 0.2) is 0 Å². The highest BCUT2D eigenvalue weighted by atomic mass is 79.9. The van der Waals surface area contributed by atoms with Gasteiger partial charge in [0.05, 0.1) is 17.6 Å². The van der Waals surface area contributed by atoms with Crippen LogP contribution in [0.2, 0.25) is 0 Å². The number of nitrogens with zero attached hydrogens (tertiary/aromatic N) is 2. The zero-order chi connectivity index (χ0) is 21.8. The van der Waals surface area contributed by atoms with Gasteiger partial charge in [-0.3, -0.25) is 9.59 Å². The normalized spacial score (nSPS) is 18.5. The molecule has 7 nitrogen and oxygen atoms in total. The highest BCUT2D eigenvalue weighted by Gasteiger charge is 2.42. The number of H-pyrrole nitrogens is 1. The van der Waals surface area contributed by atoms with Crippen LogP contribution in [0, 0.1) is 0 Å². The van der Waals surface area contributed by atoms with Crippen LogP contribution in [0.15, 0.2) is 35.1 Å². The van der Waals surface area contributed by atoms with Crippen molar-refractivity contribution < 1.29 is 9.59 Å². The minimum atomic E-state index is -0.516. The lowest BCUT2D eigenvalue weighted by Crippen LogP contribution is -2.57. The van der Waals surface area contributed by atoms with Crippen LogP contribution in [-0.2, 0) is 16.8 Å². The van der Waals surface area contributed by atoms with E-state index >= 15 is 0 Å². The van der Waals surface area contributed by atoms with Crippen molar-refractivity contribution in [2.24, 2.45) is 0 Å². The number of nitrogens with one attached hydrogen (secondary N) is 3. The molecule has 166 valence electrons. The highest BCUT2D eigenvalue weighted by molar-refractivity contribution is 9.10. The van der Waals surface area contributed by atoms with Crippen molar-refractivity contribution in [3.05, 3.63) is 52.0 Å². The molecule has 0 radical (unpaired) electrons. The molecule has 2 aliphatic rings. The molecular weight excluding hydrogens is 478 g/mol. The van der Waals surface area contributed by atoms with E-state index in [4.69, 9.17) is 0 Å². The minimum Gasteiger partial charge on any atom is -0.348 e. The first kappa shape index (κ1) is 22.4. The van der Waals surface area contributed by atoms with Crippen LogP contribution in [0.1, 0.15) is 41.0 Å². The Hall–Kier alpha value is -1.84. The fraction of sp³-hybridized carbons (Fsp3) is 0.500. The van der Waals surface area contributed by atoms with Gasteiger partial charge in [-0.25, -0.2) is 4.98 Å². The van der Waals surface area contributed by atoms with E-state index in [-0.39, 0.29) is 17.4 Å². The Morgan fingerprint density at radius 2 is 2.03 bits per heavy atom. The number of hydrogen-bond donors (Lipinski definition) is 3. The van der Waals surface area contributed by atoms with Crippen LogP contribution >= 0.6 is 27.7 Å². The lowest BCUT2D eigenvalue weighted by Gasteiger charge is -2.44. The average molecular weight is 506 g/mol. The summed E-state index contributed by atoms with van der Waals surface area (Å²) in [6, 6.07) is 6.67. The highest BCUT2D eigenvalue weighted by Crippen LogP contribution is 2.36. The number of amides is 2. The van der Waals surface area contributed by atoms with Gasteiger partial charge >= 0.3 is 0 Å². The minimum absolute atomic E-state index is 0.00687. The zero-order valence-electron chi connectivity index (χ0n) is 17.6. The lowest BCUT2D eigenvalue weighted by atomic mass is 9.80. The molecule has 0 aliphatic carbocycles. The van der Waals surface area contributed by atoms with Gasteiger partial charge < -0.3 is 20.5 Å². The number of aromatic nitrogens is 2. The first-order chi connectivity index (χ1) is 15.0. The Labute approximate surface area is 195 Å². The molecule has 2 aromatic rings. The lowest BCUT2D eigenvalue weighted by molar-refractivity contribution is -0.135. The van der Waals surface area contributed by atoms with Crippen molar-refractivity contribution >= 4 is 39.5 Å². The summed E-state index contributed by atoms with van der Waals surface area (Å²) in [6.45, 7) is 2.23. The molecule has 2 amide bonds. The number of aromatic amines is 1. The Morgan fingerprint density at radius 3 is 2.74 bits per heavy atom. The number of halogens is 1. The molecule has 1 spiro atoms. The monoisotopic (exact) mass is 505 g/mol. The van der Waals surface area contributed by atoms with E-state index in [0.29, 0.717) is 25.1 Å². The number of benzene rings is 1. The first-order valence-electron chi connectivity index (χ1n) is 10.6. The summed E-state index contributed by atoms with van der Waals surface area (Å²) in [5, 5.41) is 6.64. The molecule has 31 heavy (non-hydrogen) atoms. The number of fused-ring (bicyclic) bond motifs is 2. The van der Waals surface area contributed by atoms with Crippen LogP contribution < -0.4 is 10.6 Å². The van der Waals surface area contributed by atoms with Gasteiger partial charge in [0.25, 0.3) is 5.91 Å². The second-order valence-electron chi connectivity index (χ2n) is 8.13. The molecule has 1 fully saturated rings. The summed E-state index contributed by atoms with van der Waals surface area (Å²) in [7, 11) is 0.